The van der Waals surface area contributed by atoms with E-state index in [2.05, 4.69) is 11.6 Å². The molecule has 2 heterocycles. The molecule has 2 aliphatic heterocycles. The van der Waals surface area contributed by atoms with Gasteiger partial charge in [-0.15, -0.1) is 0 Å². The van der Waals surface area contributed by atoms with Crippen molar-refractivity contribution in [3.05, 3.63) is 59.7 Å². The number of carbonyl (C=O) groups is 2. The van der Waals surface area contributed by atoms with Crippen molar-refractivity contribution in [1.29, 1.82) is 0 Å². The van der Waals surface area contributed by atoms with Crippen LogP contribution in [0.1, 0.15) is 44.7 Å². The lowest BCUT2D eigenvalue weighted by Crippen LogP contribution is -2.52. The number of benzene rings is 2. The van der Waals surface area contributed by atoms with Gasteiger partial charge in [0.05, 0.1) is 4.90 Å². The van der Waals surface area contributed by atoms with Gasteiger partial charge in [-0.2, -0.15) is 4.72 Å². The molecule has 1 N–H and O–H groups in total. The Balaban J connectivity index is 1.60. The van der Waals surface area contributed by atoms with Crippen LogP contribution in [0.3, 0.4) is 0 Å². The number of piperidine rings is 1. The molecule has 2 aliphatic rings. The maximum absolute atomic E-state index is 13.5. The maximum atomic E-state index is 13.5. The summed E-state index contributed by atoms with van der Waals surface area (Å²) in [6.45, 7) is 6.87. The summed E-state index contributed by atoms with van der Waals surface area (Å²) < 4.78 is 29.5. The summed E-state index contributed by atoms with van der Waals surface area (Å²) in [5.74, 6) is 0.149. The first kappa shape index (κ1) is 24.4. The molecule has 1 saturated heterocycles. The summed E-state index contributed by atoms with van der Waals surface area (Å²) in [4.78, 5) is 29.1. The van der Waals surface area contributed by atoms with E-state index in [-0.39, 0.29) is 29.2 Å². The zero-order valence-electron chi connectivity index (χ0n) is 20.0. The molecule has 0 unspecified atom stereocenters. The van der Waals surface area contributed by atoms with Crippen molar-refractivity contribution in [1.82, 2.24) is 9.62 Å². The van der Waals surface area contributed by atoms with Crippen LogP contribution >= 0.6 is 0 Å². The second-order valence-corrected chi connectivity index (χ2v) is 11.3. The molecular weight excluding hydrogens is 450 g/mol. The van der Waals surface area contributed by atoms with E-state index < -0.39 is 16.1 Å². The Kier molecular flexibility index (Phi) is 7.09. The van der Waals surface area contributed by atoms with E-state index in [4.69, 9.17) is 0 Å². The molecule has 1 fully saturated rings. The maximum Gasteiger partial charge on any atom is 0.241 e. The van der Waals surface area contributed by atoms with Gasteiger partial charge in [-0.05, 0) is 67.9 Å². The Labute approximate surface area is 202 Å². The molecule has 0 aromatic heterocycles. The Hall–Kier alpha value is -2.71. The van der Waals surface area contributed by atoms with Gasteiger partial charge in [0.25, 0.3) is 0 Å². The van der Waals surface area contributed by atoms with Crippen molar-refractivity contribution in [3.8, 4) is 0 Å². The number of hydrogen-bond donors (Lipinski definition) is 1. The molecule has 0 spiro atoms. The van der Waals surface area contributed by atoms with Gasteiger partial charge >= 0.3 is 0 Å². The van der Waals surface area contributed by atoms with Gasteiger partial charge in [0.1, 0.15) is 6.04 Å². The third-order valence-electron chi connectivity index (χ3n) is 6.76. The Morgan fingerprint density at radius 1 is 1.12 bits per heavy atom. The summed E-state index contributed by atoms with van der Waals surface area (Å²) in [5, 5.41) is 0. The molecule has 7 nitrogen and oxygen atoms in total. The molecule has 0 aliphatic carbocycles. The van der Waals surface area contributed by atoms with E-state index >= 15 is 0 Å². The number of carbonyl (C=O) groups excluding carboxylic acids is 2. The van der Waals surface area contributed by atoms with Gasteiger partial charge in [-0.1, -0.05) is 37.3 Å². The SMILES string of the molecule is CC(=O)N1c2ccc(S(=O)(=O)N[C@H](Cc3ccccc3)C(=O)N3CCC[C@@H](C)C3)cc2C[C@H]1C. The highest BCUT2D eigenvalue weighted by Gasteiger charge is 2.33. The first-order valence-electron chi connectivity index (χ1n) is 11.9. The summed E-state index contributed by atoms with van der Waals surface area (Å²) in [6.07, 6.45) is 2.87. The van der Waals surface area contributed by atoms with Crippen LogP contribution in [-0.4, -0.2) is 50.3 Å². The number of nitrogens with one attached hydrogen (secondary N) is 1. The molecule has 2 aromatic rings. The molecule has 8 heteroatoms. The van der Waals surface area contributed by atoms with E-state index in [1.54, 1.807) is 21.9 Å². The van der Waals surface area contributed by atoms with Crippen LogP contribution in [-0.2, 0) is 32.5 Å². The van der Waals surface area contributed by atoms with Crippen LogP contribution in [0, 0.1) is 5.92 Å². The van der Waals surface area contributed by atoms with Crippen molar-refractivity contribution in [2.75, 3.05) is 18.0 Å². The summed E-state index contributed by atoms with van der Waals surface area (Å²) >= 11 is 0. The number of sulfonamides is 1. The molecule has 0 saturated carbocycles. The van der Waals surface area contributed by atoms with E-state index in [1.165, 1.54) is 13.0 Å². The molecule has 2 aromatic carbocycles. The minimum absolute atomic E-state index is 0.0214. The summed E-state index contributed by atoms with van der Waals surface area (Å²) in [5.41, 5.74) is 2.47. The predicted octanol–water partition coefficient (Wildman–Crippen LogP) is 3.13. The monoisotopic (exact) mass is 483 g/mol. The lowest BCUT2D eigenvalue weighted by Gasteiger charge is -2.33. The third kappa shape index (κ3) is 5.18. The quantitative estimate of drug-likeness (QED) is 0.684. The summed E-state index contributed by atoms with van der Waals surface area (Å²) in [7, 11) is -3.95. The zero-order valence-corrected chi connectivity index (χ0v) is 20.8. The molecule has 3 atom stereocenters. The second kappa shape index (κ2) is 9.88. The molecule has 0 bridgehead atoms. The van der Waals surface area contributed by atoms with E-state index in [0.717, 1.165) is 29.7 Å². The van der Waals surface area contributed by atoms with Crippen LogP contribution in [0.5, 0.6) is 0 Å². The van der Waals surface area contributed by atoms with E-state index in [1.807, 2.05) is 37.3 Å². The normalized spacial score (nSPS) is 21.3. The first-order valence-corrected chi connectivity index (χ1v) is 13.4. The number of anilines is 1. The highest BCUT2D eigenvalue weighted by atomic mass is 32.2. The highest BCUT2D eigenvalue weighted by Crippen LogP contribution is 2.34. The average molecular weight is 484 g/mol. The predicted molar refractivity (Wildman–Crippen MR) is 132 cm³/mol. The summed E-state index contributed by atoms with van der Waals surface area (Å²) in [6, 6.07) is 13.4. The van der Waals surface area contributed by atoms with E-state index in [0.29, 0.717) is 25.4 Å². The van der Waals surface area contributed by atoms with Gasteiger partial charge in [0, 0.05) is 31.7 Å². The fourth-order valence-electron chi connectivity index (χ4n) is 5.15. The fourth-order valence-corrected chi connectivity index (χ4v) is 6.39. The minimum Gasteiger partial charge on any atom is -0.341 e. The zero-order chi connectivity index (χ0) is 24.5. The average Bonchev–Trinajstić information content (AvgIpc) is 3.14. The third-order valence-corrected chi connectivity index (χ3v) is 8.23. The van der Waals surface area contributed by atoms with Crippen LogP contribution < -0.4 is 9.62 Å². The number of hydrogen-bond acceptors (Lipinski definition) is 4. The number of nitrogens with zero attached hydrogens (tertiary/aromatic N) is 2. The van der Waals surface area contributed by atoms with Gasteiger partial charge < -0.3 is 9.80 Å². The Bertz CT molecular complexity index is 1170. The second-order valence-electron chi connectivity index (χ2n) is 9.63. The Morgan fingerprint density at radius 2 is 1.85 bits per heavy atom. The van der Waals surface area contributed by atoms with Gasteiger partial charge in [-0.3, -0.25) is 9.59 Å². The Morgan fingerprint density at radius 3 is 2.53 bits per heavy atom. The van der Waals surface area contributed by atoms with Gasteiger partial charge in [0.15, 0.2) is 0 Å². The number of fused-ring (bicyclic) bond motifs is 1. The number of rotatable bonds is 6. The van der Waals surface area contributed by atoms with Crippen molar-refractivity contribution in [2.45, 2.75) is 63.4 Å². The first-order chi connectivity index (χ1) is 16.2. The van der Waals surface area contributed by atoms with Crippen molar-refractivity contribution >= 4 is 27.5 Å². The topological polar surface area (TPSA) is 86.8 Å². The van der Waals surface area contributed by atoms with Crippen LogP contribution in [0.15, 0.2) is 53.4 Å². The largest absolute Gasteiger partial charge is 0.341 e. The smallest absolute Gasteiger partial charge is 0.241 e. The molecule has 2 amide bonds. The highest BCUT2D eigenvalue weighted by molar-refractivity contribution is 7.89. The van der Waals surface area contributed by atoms with Gasteiger partial charge in [-0.25, -0.2) is 8.42 Å². The molecular formula is C26H33N3O4S. The lowest BCUT2D eigenvalue weighted by molar-refractivity contribution is -0.134. The van der Waals surface area contributed by atoms with Crippen molar-refractivity contribution in [3.63, 3.8) is 0 Å². The molecule has 34 heavy (non-hydrogen) atoms. The standard InChI is InChI=1S/C26H33N3O4S/c1-18-8-7-13-28(17-18)26(31)24(15-21-9-5-4-6-10-21)27-34(32,33)23-11-12-25-22(16-23)14-19(2)29(25)20(3)30/h4-6,9-12,16,18-19,24,27H,7-8,13-15,17H2,1-3H3/t18-,19-,24-/m1/s1. The van der Waals surface area contributed by atoms with Crippen LogP contribution in [0.25, 0.3) is 0 Å². The van der Waals surface area contributed by atoms with E-state index in [9.17, 15) is 18.0 Å². The molecule has 4 rings (SSSR count). The van der Waals surface area contributed by atoms with Crippen molar-refractivity contribution in [2.24, 2.45) is 5.92 Å². The molecule has 182 valence electrons. The number of amides is 2. The molecule has 0 radical (unpaired) electrons. The number of likely N-dealkylation sites (tertiary alicyclic amines) is 1. The lowest BCUT2D eigenvalue weighted by atomic mass is 9.98. The minimum atomic E-state index is -3.95. The van der Waals surface area contributed by atoms with Gasteiger partial charge in [0.2, 0.25) is 21.8 Å². The fraction of sp³-hybridized carbons (Fsp3) is 0.462. The van der Waals surface area contributed by atoms with Crippen molar-refractivity contribution < 1.29 is 18.0 Å². The van der Waals surface area contributed by atoms with Crippen LogP contribution in [0.4, 0.5) is 5.69 Å². The van der Waals surface area contributed by atoms with Crippen LogP contribution in [0.2, 0.25) is 0 Å².